The van der Waals surface area contributed by atoms with E-state index in [1.165, 1.54) is 38.5 Å². The van der Waals surface area contributed by atoms with E-state index >= 15 is 0 Å². The van der Waals surface area contributed by atoms with Crippen LogP contribution in [0.15, 0.2) is 10.9 Å². The minimum atomic E-state index is -0.225. The van der Waals surface area contributed by atoms with Crippen molar-refractivity contribution in [1.82, 2.24) is 9.47 Å². The van der Waals surface area contributed by atoms with Gasteiger partial charge in [0.05, 0.1) is 5.69 Å². The van der Waals surface area contributed by atoms with E-state index in [0.717, 1.165) is 37.3 Å². The van der Waals surface area contributed by atoms with Gasteiger partial charge in [0.15, 0.2) is 5.75 Å². The lowest BCUT2D eigenvalue weighted by atomic mass is 10.1. The summed E-state index contributed by atoms with van der Waals surface area (Å²) < 4.78 is 2.26. The third-order valence-electron chi connectivity index (χ3n) is 5.28. The van der Waals surface area contributed by atoms with Crippen LogP contribution in [0.4, 0.5) is 0 Å². The van der Waals surface area contributed by atoms with Gasteiger partial charge in [-0.2, -0.15) is 0 Å². The zero-order valence-electron chi connectivity index (χ0n) is 13.7. The predicted molar refractivity (Wildman–Crippen MR) is 88.4 cm³/mol. The van der Waals surface area contributed by atoms with Crippen molar-refractivity contribution in [2.24, 2.45) is 0 Å². The van der Waals surface area contributed by atoms with Gasteiger partial charge in [0.25, 0.3) is 0 Å². The quantitative estimate of drug-likeness (QED) is 0.931. The fourth-order valence-electron chi connectivity index (χ4n) is 4.12. The first-order valence-electron chi connectivity index (χ1n) is 8.83. The molecule has 0 bridgehead atoms. The van der Waals surface area contributed by atoms with Gasteiger partial charge in [-0.05, 0) is 45.7 Å². The van der Waals surface area contributed by atoms with E-state index in [-0.39, 0.29) is 11.2 Å². The second kappa shape index (κ2) is 6.86. The molecule has 0 amide bonds. The summed E-state index contributed by atoms with van der Waals surface area (Å²) in [6.07, 6.45) is 9.87. The first-order valence-corrected chi connectivity index (χ1v) is 8.83. The zero-order valence-corrected chi connectivity index (χ0v) is 13.7. The first-order chi connectivity index (χ1) is 10.7. The number of aryl methyl sites for hydroxylation is 1. The molecule has 2 aliphatic rings. The summed E-state index contributed by atoms with van der Waals surface area (Å²) in [5.41, 5.74) is 1.62. The standard InChI is InChI=1S/C18H28N2O2/c1-14-12-17(21)18(22)16(20(14)15-8-4-5-9-15)13-19-10-6-2-3-7-11-19/h12,15,22H,2-11,13H2,1H3. The Morgan fingerprint density at radius 2 is 1.73 bits per heavy atom. The summed E-state index contributed by atoms with van der Waals surface area (Å²) in [6.45, 7) is 4.86. The van der Waals surface area contributed by atoms with Crippen molar-refractivity contribution in [1.29, 1.82) is 0 Å². The van der Waals surface area contributed by atoms with Crippen LogP contribution in [0.1, 0.15) is 68.8 Å². The molecule has 0 unspecified atom stereocenters. The molecule has 0 aromatic carbocycles. The summed E-state index contributed by atoms with van der Waals surface area (Å²) in [6, 6.07) is 2.05. The van der Waals surface area contributed by atoms with E-state index < -0.39 is 0 Å². The van der Waals surface area contributed by atoms with Crippen LogP contribution in [0, 0.1) is 6.92 Å². The molecule has 4 nitrogen and oxygen atoms in total. The van der Waals surface area contributed by atoms with Gasteiger partial charge in [-0.15, -0.1) is 0 Å². The Balaban J connectivity index is 1.94. The molecular weight excluding hydrogens is 276 g/mol. The highest BCUT2D eigenvalue weighted by Crippen LogP contribution is 2.33. The predicted octanol–water partition coefficient (Wildman–Crippen LogP) is 3.35. The Kier molecular flexibility index (Phi) is 4.87. The molecule has 1 saturated carbocycles. The average Bonchev–Trinajstić information content (AvgIpc) is 2.89. The van der Waals surface area contributed by atoms with Crippen LogP contribution in [0.25, 0.3) is 0 Å². The van der Waals surface area contributed by atoms with Crippen molar-refractivity contribution in [3.8, 4) is 5.75 Å². The SMILES string of the molecule is Cc1cc(=O)c(O)c(CN2CCCCCC2)n1C1CCCC1. The summed E-state index contributed by atoms with van der Waals surface area (Å²) >= 11 is 0. The Hall–Kier alpha value is -1.29. The van der Waals surface area contributed by atoms with E-state index in [2.05, 4.69) is 9.47 Å². The van der Waals surface area contributed by atoms with Gasteiger partial charge in [0.2, 0.25) is 5.43 Å². The highest BCUT2D eigenvalue weighted by molar-refractivity contribution is 5.30. The number of pyridine rings is 1. The second-order valence-corrected chi connectivity index (χ2v) is 6.94. The van der Waals surface area contributed by atoms with Gasteiger partial charge in [-0.25, -0.2) is 0 Å². The number of likely N-dealkylation sites (tertiary alicyclic amines) is 1. The van der Waals surface area contributed by atoms with Gasteiger partial charge in [-0.1, -0.05) is 25.7 Å². The molecular formula is C18H28N2O2. The topological polar surface area (TPSA) is 45.5 Å². The fourth-order valence-corrected chi connectivity index (χ4v) is 4.12. The van der Waals surface area contributed by atoms with Crippen LogP contribution < -0.4 is 5.43 Å². The molecule has 0 spiro atoms. The van der Waals surface area contributed by atoms with Crippen LogP contribution >= 0.6 is 0 Å². The maximum Gasteiger partial charge on any atom is 0.223 e. The lowest BCUT2D eigenvalue weighted by molar-refractivity contribution is 0.258. The fraction of sp³-hybridized carbons (Fsp3) is 0.722. The molecule has 2 fully saturated rings. The maximum absolute atomic E-state index is 12.1. The smallest absolute Gasteiger partial charge is 0.223 e. The number of nitrogens with zero attached hydrogens (tertiary/aromatic N) is 2. The summed E-state index contributed by atoms with van der Waals surface area (Å²) in [5, 5.41) is 10.4. The molecule has 4 heteroatoms. The van der Waals surface area contributed by atoms with Crippen molar-refractivity contribution in [2.45, 2.75) is 70.9 Å². The normalized spacial score (nSPS) is 21.1. The van der Waals surface area contributed by atoms with Crippen LogP contribution in [0.3, 0.4) is 0 Å². The average molecular weight is 304 g/mol. The Morgan fingerprint density at radius 1 is 1.09 bits per heavy atom. The van der Waals surface area contributed by atoms with E-state index in [9.17, 15) is 9.90 Å². The zero-order chi connectivity index (χ0) is 15.5. The number of aromatic hydroxyl groups is 1. The molecule has 1 aromatic heterocycles. The van der Waals surface area contributed by atoms with E-state index in [1.54, 1.807) is 6.07 Å². The lowest BCUT2D eigenvalue weighted by Gasteiger charge is -2.27. The van der Waals surface area contributed by atoms with Crippen LogP contribution in [0.2, 0.25) is 0 Å². The van der Waals surface area contributed by atoms with E-state index in [0.29, 0.717) is 12.6 Å². The van der Waals surface area contributed by atoms with Gasteiger partial charge in [0, 0.05) is 24.3 Å². The molecule has 0 radical (unpaired) electrons. The Morgan fingerprint density at radius 3 is 2.36 bits per heavy atom. The number of rotatable bonds is 3. The molecule has 1 aromatic rings. The second-order valence-electron chi connectivity index (χ2n) is 6.94. The molecule has 1 aliphatic heterocycles. The van der Waals surface area contributed by atoms with Crippen molar-refractivity contribution < 1.29 is 5.11 Å². The molecule has 122 valence electrons. The van der Waals surface area contributed by atoms with Crippen LogP contribution in [0.5, 0.6) is 5.75 Å². The highest BCUT2D eigenvalue weighted by Gasteiger charge is 2.24. The molecule has 1 saturated heterocycles. The number of hydrogen-bond acceptors (Lipinski definition) is 3. The largest absolute Gasteiger partial charge is 0.503 e. The van der Waals surface area contributed by atoms with Gasteiger partial charge in [0.1, 0.15) is 0 Å². The minimum absolute atomic E-state index is 0.0262. The summed E-state index contributed by atoms with van der Waals surface area (Å²) in [7, 11) is 0. The Labute approximate surface area is 132 Å². The summed E-state index contributed by atoms with van der Waals surface area (Å²) in [5.74, 6) is -0.0262. The highest BCUT2D eigenvalue weighted by atomic mass is 16.3. The minimum Gasteiger partial charge on any atom is -0.503 e. The van der Waals surface area contributed by atoms with Crippen molar-refractivity contribution in [2.75, 3.05) is 13.1 Å². The number of hydrogen-bond donors (Lipinski definition) is 1. The van der Waals surface area contributed by atoms with Gasteiger partial charge < -0.3 is 9.67 Å². The van der Waals surface area contributed by atoms with Crippen molar-refractivity contribution in [3.63, 3.8) is 0 Å². The van der Waals surface area contributed by atoms with Crippen molar-refractivity contribution >= 4 is 0 Å². The number of aromatic nitrogens is 1. The molecule has 22 heavy (non-hydrogen) atoms. The van der Waals surface area contributed by atoms with Gasteiger partial charge >= 0.3 is 0 Å². The Bertz CT molecular complexity index is 565. The third kappa shape index (κ3) is 3.22. The van der Waals surface area contributed by atoms with Crippen LogP contribution in [-0.4, -0.2) is 27.7 Å². The van der Waals surface area contributed by atoms with Crippen LogP contribution in [-0.2, 0) is 6.54 Å². The third-order valence-corrected chi connectivity index (χ3v) is 5.28. The van der Waals surface area contributed by atoms with Crippen molar-refractivity contribution in [3.05, 3.63) is 27.7 Å². The molecule has 1 aliphatic carbocycles. The van der Waals surface area contributed by atoms with E-state index in [4.69, 9.17) is 0 Å². The van der Waals surface area contributed by atoms with Gasteiger partial charge in [-0.3, -0.25) is 9.69 Å². The molecule has 0 atom stereocenters. The first kappa shape index (κ1) is 15.6. The monoisotopic (exact) mass is 304 g/mol. The molecule has 2 heterocycles. The molecule has 3 rings (SSSR count). The maximum atomic E-state index is 12.1. The molecule has 1 N–H and O–H groups in total. The van der Waals surface area contributed by atoms with E-state index in [1.807, 2.05) is 6.92 Å². The summed E-state index contributed by atoms with van der Waals surface area (Å²) in [4.78, 5) is 14.5. The lowest BCUT2D eigenvalue weighted by Crippen LogP contribution is -2.29.